The van der Waals surface area contributed by atoms with Crippen LogP contribution in [-0.4, -0.2) is 17.4 Å². The van der Waals surface area contributed by atoms with Crippen LogP contribution in [0, 0.1) is 5.82 Å². The second-order valence-corrected chi connectivity index (χ2v) is 7.06. The molecule has 0 aromatic heterocycles. The predicted molar refractivity (Wildman–Crippen MR) is 118 cm³/mol. The number of hydrogen-bond acceptors (Lipinski definition) is 3. The minimum absolute atomic E-state index is 0.189. The van der Waals surface area contributed by atoms with Gasteiger partial charge in [0.1, 0.15) is 23.9 Å². The molecule has 7 heteroatoms. The van der Waals surface area contributed by atoms with E-state index < -0.39 is 0 Å². The van der Waals surface area contributed by atoms with Gasteiger partial charge in [-0.2, -0.15) is 5.10 Å². The van der Waals surface area contributed by atoms with Gasteiger partial charge in [0.2, 0.25) is 0 Å². The van der Waals surface area contributed by atoms with Crippen molar-refractivity contribution in [2.24, 2.45) is 5.10 Å². The van der Waals surface area contributed by atoms with Gasteiger partial charge in [0, 0.05) is 15.7 Å². The van der Waals surface area contributed by atoms with E-state index >= 15 is 0 Å². The highest BCUT2D eigenvalue weighted by atomic mass is 79.9. The lowest BCUT2D eigenvalue weighted by atomic mass is 10.1. The lowest BCUT2D eigenvalue weighted by Gasteiger charge is -2.12. The van der Waals surface area contributed by atoms with E-state index in [0.29, 0.717) is 16.6 Å². The van der Waals surface area contributed by atoms with Crippen molar-refractivity contribution in [3.63, 3.8) is 0 Å². The second kappa shape index (κ2) is 9.96. The van der Waals surface area contributed by atoms with Crippen molar-refractivity contribution in [3.05, 3.63) is 94.7 Å². The zero-order valence-corrected chi connectivity index (χ0v) is 17.1. The van der Waals surface area contributed by atoms with Gasteiger partial charge in [-0.3, -0.25) is 5.43 Å². The Bertz CT molecular complexity index is 948. The highest BCUT2D eigenvalue weighted by Gasteiger charge is 2.07. The maximum absolute atomic E-state index is 13.3. The Morgan fingerprint density at radius 2 is 1.64 bits per heavy atom. The molecule has 0 bridgehead atoms. The second-order valence-electron chi connectivity index (χ2n) is 5.74. The number of rotatable bonds is 6. The average molecular weight is 458 g/mol. The lowest BCUT2D eigenvalue weighted by Crippen LogP contribution is -2.27. The number of nitrogens with zero attached hydrogens (tertiary/aromatic N) is 1. The molecule has 0 fully saturated rings. The summed E-state index contributed by atoms with van der Waals surface area (Å²) in [6.45, 7) is 0.189. The first-order valence-electron chi connectivity index (χ1n) is 8.43. The number of hydrogen-bond donors (Lipinski definition) is 2. The number of benzene rings is 3. The number of nitrogens with one attached hydrogen (secondary N) is 2. The Balaban J connectivity index is 1.71. The van der Waals surface area contributed by atoms with Gasteiger partial charge in [-0.05, 0) is 60.7 Å². The van der Waals surface area contributed by atoms with Crippen LogP contribution in [0.4, 0.5) is 10.1 Å². The van der Waals surface area contributed by atoms with Gasteiger partial charge >= 0.3 is 0 Å². The number of ether oxygens (including phenoxy) is 1. The molecule has 2 N–H and O–H groups in total. The largest absolute Gasteiger partial charge is 0.487 e. The summed E-state index contributed by atoms with van der Waals surface area (Å²) in [4.78, 5) is 0. The van der Waals surface area contributed by atoms with Gasteiger partial charge in [0.15, 0.2) is 5.11 Å². The Kier molecular flexibility index (Phi) is 7.11. The average Bonchev–Trinajstić information content (AvgIpc) is 2.71. The van der Waals surface area contributed by atoms with Gasteiger partial charge in [0.25, 0.3) is 0 Å². The molecule has 0 radical (unpaired) electrons. The molecular formula is C21H17BrFN3OS. The molecule has 0 aliphatic heterocycles. The highest BCUT2D eigenvalue weighted by molar-refractivity contribution is 9.10. The van der Waals surface area contributed by atoms with Crippen LogP contribution in [0.25, 0.3) is 0 Å². The number of thiocarbonyl (C=S) groups is 1. The zero-order valence-electron chi connectivity index (χ0n) is 14.7. The van der Waals surface area contributed by atoms with Gasteiger partial charge in [-0.15, -0.1) is 0 Å². The summed E-state index contributed by atoms with van der Waals surface area (Å²) in [5.74, 6) is 0.383. The van der Waals surface area contributed by atoms with Crippen LogP contribution >= 0.6 is 28.1 Å². The fourth-order valence-electron chi connectivity index (χ4n) is 2.30. The predicted octanol–water partition coefficient (Wildman–Crippen LogP) is 5.36. The Morgan fingerprint density at radius 3 is 2.32 bits per heavy atom. The molecule has 4 nitrogen and oxygen atoms in total. The quantitative estimate of drug-likeness (QED) is 0.297. The number of hydrazone groups is 1. The van der Waals surface area contributed by atoms with Gasteiger partial charge in [-0.1, -0.05) is 46.3 Å². The smallest absolute Gasteiger partial charge is 0.191 e. The topological polar surface area (TPSA) is 45.6 Å². The molecule has 0 heterocycles. The van der Waals surface area contributed by atoms with Crippen LogP contribution < -0.4 is 15.5 Å². The number of anilines is 1. The maximum Gasteiger partial charge on any atom is 0.191 e. The van der Waals surface area contributed by atoms with E-state index in [-0.39, 0.29) is 12.4 Å². The van der Waals surface area contributed by atoms with Crippen molar-refractivity contribution in [2.75, 3.05) is 11.9 Å². The van der Waals surface area contributed by atoms with E-state index in [1.807, 2.05) is 54.6 Å². The third kappa shape index (κ3) is 6.14. The third-order valence-corrected chi connectivity index (χ3v) is 4.41. The molecule has 0 atom stereocenters. The minimum atomic E-state index is -0.314. The maximum atomic E-state index is 13.3. The summed E-state index contributed by atoms with van der Waals surface area (Å²) in [6, 6.07) is 23.1. The van der Waals surface area contributed by atoms with E-state index in [9.17, 15) is 4.39 Å². The molecular weight excluding hydrogens is 441 g/mol. The molecule has 3 rings (SSSR count). The van der Waals surface area contributed by atoms with E-state index in [1.54, 1.807) is 12.1 Å². The Labute approximate surface area is 176 Å². The molecule has 142 valence electrons. The van der Waals surface area contributed by atoms with Crippen molar-refractivity contribution < 1.29 is 9.13 Å². The molecule has 0 unspecified atom stereocenters. The van der Waals surface area contributed by atoms with Gasteiger partial charge in [-0.25, -0.2) is 4.39 Å². The zero-order chi connectivity index (χ0) is 19.8. The van der Waals surface area contributed by atoms with Crippen LogP contribution in [0.1, 0.15) is 5.56 Å². The molecule has 3 aromatic carbocycles. The van der Waals surface area contributed by atoms with E-state index in [4.69, 9.17) is 17.0 Å². The molecule has 0 spiro atoms. The van der Waals surface area contributed by atoms with Crippen molar-refractivity contribution in [2.45, 2.75) is 0 Å². The highest BCUT2D eigenvalue weighted by Crippen LogP contribution is 2.16. The van der Waals surface area contributed by atoms with Crippen molar-refractivity contribution in [1.82, 2.24) is 5.43 Å². The van der Waals surface area contributed by atoms with Crippen LogP contribution in [0.3, 0.4) is 0 Å². The Morgan fingerprint density at radius 1 is 0.964 bits per heavy atom. The first kappa shape index (κ1) is 20.0. The summed E-state index contributed by atoms with van der Waals surface area (Å²) >= 11 is 8.67. The fraction of sp³-hybridized carbons (Fsp3) is 0.0476. The third-order valence-electron chi connectivity index (χ3n) is 3.69. The monoisotopic (exact) mass is 457 g/mol. The first-order chi connectivity index (χ1) is 13.6. The fourth-order valence-corrected chi connectivity index (χ4v) is 2.73. The standard InChI is InChI=1S/C21H17BrFN3OS/c22-16-8-12-19(13-9-16)27-14-20(15-6-10-17(23)11-7-15)25-26-21(28)24-18-4-2-1-3-5-18/h1-13H,14H2,(H2,24,26,28)/b25-20-. The molecule has 3 aromatic rings. The lowest BCUT2D eigenvalue weighted by molar-refractivity contribution is 0.376. The van der Waals surface area contributed by atoms with Crippen molar-refractivity contribution in [1.29, 1.82) is 0 Å². The van der Waals surface area contributed by atoms with Crippen LogP contribution in [0.5, 0.6) is 5.75 Å². The molecule has 0 aliphatic rings. The normalized spacial score (nSPS) is 11.0. The van der Waals surface area contributed by atoms with Crippen LogP contribution in [-0.2, 0) is 0 Å². The molecule has 0 aliphatic carbocycles. The summed E-state index contributed by atoms with van der Waals surface area (Å²) < 4.78 is 20.0. The first-order valence-corrected chi connectivity index (χ1v) is 9.63. The van der Waals surface area contributed by atoms with E-state index in [1.165, 1.54) is 12.1 Å². The van der Waals surface area contributed by atoms with Crippen LogP contribution in [0.2, 0.25) is 0 Å². The summed E-state index contributed by atoms with van der Waals surface area (Å²) in [5, 5.41) is 7.75. The summed E-state index contributed by atoms with van der Waals surface area (Å²) in [7, 11) is 0. The van der Waals surface area contributed by atoms with Crippen LogP contribution in [0.15, 0.2) is 88.4 Å². The molecule has 0 saturated carbocycles. The molecule has 28 heavy (non-hydrogen) atoms. The minimum Gasteiger partial charge on any atom is -0.487 e. The van der Waals surface area contributed by atoms with Gasteiger partial charge in [0.05, 0.1) is 0 Å². The Hall–Kier alpha value is -2.77. The van der Waals surface area contributed by atoms with Gasteiger partial charge < -0.3 is 10.1 Å². The molecule has 0 saturated heterocycles. The van der Waals surface area contributed by atoms with E-state index in [0.717, 1.165) is 15.7 Å². The van der Waals surface area contributed by atoms with Crippen molar-refractivity contribution >= 4 is 44.7 Å². The van der Waals surface area contributed by atoms with Crippen molar-refractivity contribution in [3.8, 4) is 5.75 Å². The van der Waals surface area contributed by atoms with E-state index in [2.05, 4.69) is 31.8 Å². The SMILES string of the molecule is Fc1ccc(/C(COc2ccc(Br)cc2)=N\NC(=S)Nc2ccccc2)cc1. The number of halogens is 2. The summed E-state index contributed by atoms with van der Waals surface area (Å²) in [6.07, 6.45) is 0. The number of para-hydroxylation sites is 1. The molecule has 0 amide bonds. The summed E-state index contributed by atoms with van der Waals surface area (Å²) in [5.41, 5.74) is 4.98.